The van der Waals surface area contributed by atoms with Crippen molar-refractivity contribution in [2.75, 3.05) is 18.0 Å². The average molecular weight is 421 g/mol. The Hall–Kier alpha value is -3.29. The van der Waals surface area contributed by atoms with Crippen molar-refractivity contribution in [2.24, 2.45) is 4.99 Å². The van der Waals surface area contributed by atoms with Crippen LogP contribution in [0.5, 0.6) is 0 Å². The quantitative estimate of drug-likeness (QED) is 0.825. The number of hydrogen-bond acceptors (Lipinski definition) is 4. The second-order valence-electron chi connectivity index (χ2n) is 8.38. The molecule has 2 saturated heterocycles. The number of aromatic nitrogens is 1. The van der Waals surface area contributed by atoms with E-state index in [9.17, 15) is 14.0 Å². The third kappa shape index (κ3) is 3.36. The minimum Gasteiger partial charge on any atom is -0.336 e. The Bertz CT molecular complexity index is 1040. The standard InChI is InChI=1S/C23H24FN5O2/c24-19-10-4-3-9-18(19)20(30)28-13-11-23(15-28)21(26-16-6-1-2-7-16)27-22(31)29(23)17-8-5-12-25-14-17/h3-5,8-10,12,14,16H,1-2,6-7,11,13,15H2,(H,26,27,31). The maximum absolute atomic E-state index is 14.3. The molecule has 2 aromatic rings. The van der Waals surface area contributed by atoms with E-state index >= 15 is 0 Å². The van der Waals surface area contributed by atoms with Crippen molar-refractivity contribution >= 4 is 23.5 Å². The van der Waals surface area contributed by atoms with Gasteiger partial charge in [0, 0.05) is 12.7 Å². The summed E-state index contributed by atoms with van der Waals surface area (Å²) in [5.74, 6) is -0.309. The second kappa shape index (κ2) is 7.76. The Morgan fingerprint density at radius 2 is 2.00 bits per heavy atom. The molecule has 160 valence electrons. The van der Waals surface area contributed by atoms with E-state index in [4.69, 9.17) is 4.99 Å². The average Bonchev–Trinajstić information content (AvgIpc) is 3.50. The zero-order chi connectivity index (χ0) is 21.4. The number of urea groups is 1. The van der Waals surface area contributed by atoms with Gasteiger partial charge >= 0.3 is 6.03 Å². The van der Waals surface area contributed by atoms with Crippen molar-refractivity contribution in [3.63, 3.8) is 0 Å². The van der Waals surface area contributed by atoms with Gasteiger partial charge in [-0.3, -0.25) is 25.0 Å². The van der Waals surface area contributed by atoms with Crippen molar-refractivity contribution in [1.82, 2.24) is 15.2 Å². The van der Waals surface area contributed by atoms with E-state index in [0.29, 0.717) is 24.5 Å². The number of benzene rings is 1. The number of rotatable bonds is 3. The molecule has 3 amide bonds. The lowest BCUT2D eigenvalue weighted by Crippen LogP contribution is -2.53. The van der Waals surface area contributed by atoms with E-state index < -0.39 is 11.4 Å². The number of aliphatic imine (C=N–C) groups is 1. The number of amides is 3. The summed E-state index contributed by atoms with van der Waals surface area (Å²) >= 11 is 0. The zero-order valence-corrected chi connectivity index (χ0v) is 17.1. The van der Waals surface area contributed by atoms with Crippen LogP contribution < -0.4 is 10.2 Å². The van der Waals surface area contributed by atoms with Crippen molar-refractivity contribution in [2.45, 2.75) is 43.7 Å². The largest absolute Gasteiger partial charge is 0.336 e. The summed E-state index contributed by atoms with van der Waals surface area (Å²) in [7, 11) is 0. The van der Waals surface area contributed by atoms with Crippen LogP contribution in [0, 0.1) is 5.82 Å². The summed E-state index contributed by atoms with van der Waals surface area (Å²) in [6, 6.07) is 9.50. The first-order chi connectivity index (χ1) is 15.1. The number of nitrogens with one attached hydrogen (secondary N) is 1. The lowest BCUT2D eigenvalue weighted by atomic mass is 9.95. The Morgan fingerprint density at radius 3 is 2.74 bits per heavy atom. The Kier molecular flexibility index (Phi) is 4.92. The second-order valence-corrected chi connectivity index (χ2v) is 8.38. The van der Waals surface area contributed by atoms with E-state index in [1.807, 2.05) is 6.07 Å². The lowest BCUT2D eigenvalue weighted by Gasteiger charge is -2.33. The molecule has 2 aliphatic heterocycles. The molecule has 3 aliphatic rings. The first kappa shape index (κ1) is 19.7. The number of halogens is 1. The van der Waals surface area contributed by atoms with Crippen molar-refractivity contribution in [3.05, 3.63) is 60.2 Å². The van der Waals surface area contributed by atoms with Crippen LogP contribution in [-0.4, -0.2) is 52.3 Å². The van der Waals surface area contributed by atoms with Crippen LogP contribution in [0.15, 0.2) is 53.8 Å². The third-order valence-electron chi connectivity index (χ3n) is 6.48. The van der Waals surface area contributed by atoms with Gasteiger partial charge in [0.05, 0.1) is 30.0 Å². The minimum absolute atomic E-state index is 0.0408. The molecule has 1 aromatic heterocycles. The smallest absolute Gasteiger partial charge is 0.328 e. The highest BCUT2D eigenvalue weighted by Gasteiger charge is 2.56. The Labute approximate surface area is 180 Å². The first-order valence-electron chi connectivity index (χ1n) is 10.7. The number of hydrogen-bond donors (Lipinski definition) is 1. The van der Waals surface area contributed by atoms with Gasteiger partial charge in [-0.2, -0.15) is 0 Å². The van der Waals surface area contributed by atoms with Gasteiger partial charge in [0.25, 0.3) is 5.91 Å². The SMILES string of the molecule is O=C(c1ccccc1F)N1CCC2(C1)C(=NC1CCCC1)NC(=O)N2c1cccnc1. The summed E-state index contributed by atoms with van der Waals surface area (Å²) in [5, 5.41) is 2.97. The molecular formula is C23H24FN5O2. The summed E-state index contributed by atoms with van der Waals surface area (Å²) in [6.07, 6.45) is 8.08. The third-order valence-corrected chi connectivity index (χ3v) is 6.48. The van der Waals surface area contributed by atoms with E-state index in [2.05, 4.69) is 10.3 Å². The fourth-order valence-corrected chi connectivity index (χ4v) is 4.94. The van der Waals surface area contributed by atoms with Gasteiger partial charge in [-0.05, 0) is 43.5 Å². The zero-order valence-electron chi connectivity index (χ0n) is 17.1. The van der Waals surface area contributed by atoms with E-state index in [-0.39, 0.29) is 30.1 Å². The Balaban J connectivity index is 1.52. The molecule has 1 saturated carbocycles. The number of carbonyl (C=O) groups excluding carboxylic acids is 2. The fraction of sp³-hybridized carbons (Fsp3) is 0.391. The van der Waals surface area contributed by atoms with Gasteiger partial charge < -0.3 is 4.90 Å². The molecule has 5 rings (SSSR count). The van der Waals surface area contributed by atoms with Gasteiger partial charge in [-0.25, -0.2) is 9.18 Å². The molecule has 1 aromatic carbocycles. The molecule has 3 heterocycles. The van der Waals surface area contributed by atoms with Crippen LogP contribution in [-0.2, 0) is 0 Å². The topological polar surface area (TPSA) is 77.9 Å². The molecule has 7 nitrogen and oxygen atoms in total. The number of carbonyl (C=O) groups is 2. The maximum Gasteiger partial charge on any atom is 0.328 e. The van der Waals surface area contributed by atoms with Gasteiger partial charge in [-0.15, -0.1) is 0 Å². The molecule has 8 heteroatoms. The molecular weight excluding hydrogens is 397 g/mol. The van der Waals surface area contributed by atoms with Crippen LogP contribution in [0.1, 0.15) is 42.5 Å². The number of pyridine rings is 1. The molecule has 1 spiro atoms. The molecule has 1 unspecified atom stereocenters. The fourth-order valence-electron chi connectivity index (χ4n) is 4.94. The number of anilines is 1. The van der Waals surface area contributed by atoms with Crippen LogP contribution in [0.3, 0.4) is 0 Å². The first-order valence-corrected chi connectivity index (χ1v) is 10.7. The molecule has 0 radical (unpaired) electrons. The minimum atomic E-state index is -0.802. The molecule has 31 heavy (non-hydrogen) atoms. The number of nitrogens with zero attached hydrogens (tertiary/aromatic N) is 4. The predicted octanol–water partition coefficient (Wildman–Crippen LogP) is 3.38. The lowest BCUT2D eigenvalue weighted by molar-refractivity contribution is 0.0783. The summed E-state index contributed by atoms with van der Waals surface area (Å²) in [5.41, 5.74) is -0.111. The highest BCUT2D eigenvalue weighted by atomic mass is 19.1. The molecule has 0 bridgehead atoms. The number of amidine groups is 1. The molecule has 1 aliphatic carbocycles. The van der Waals surface area contributed by atoms with Gasteiger partial charge in [0.15, 0.2) is 0 Å². The van der Waals surface area contributed by atoms with Crippen LogP contribution in [0.4, 0.5) is 14.9 Å². The normalized spacial score (nSPS) is 25.1. The summed E-state index contributed by atoms with van der Waals surface area (Å²) in [6.45, 7) is 0.655. The van der Waals surface area contributed by atoms with E-state index in [0.717, 1.165) is 25.7 Å². The van der Waals surface area contributed by atoms with Crippen LogP contribution in [0.2, 0.25) is 0 Å². The van der Waals surface area contributed by atoms with Gasteiger partial charge in [-0.1, -0.05) is 25.0 Å². The van der Waals surface area contributed by atoms with Gasteiger partial charge in [0.2, 0.25) is 0 Å². The van der Waals surface area contributed by atoms with Gasteiger partial charge in [0.1, 0.15) is 17.2 Å². The van der Waals surface area contributed by atoms with E-state index in [1.54, 1.807) is 40.4 Å². The monoisotopic (exact) mass is 421 g/mol. The van der Waals surface area contributed by atoms with Crippen molar-refractivity contribution < 1.29 is 14.0 Å². The van der Waals surface area contributed by atoms with Crippen LogP contribution in [0.25, 0.3) is 0 Å². The molecule has 3 fully saturated rings. The summed E-state index contributed by atoms with van der Waals surface area (Å²) < 4.78 is 14.3. The van der Waals surface area contributed by atoms with Crippen LogP contribution >= 0.6 is 0 Å². The highest BCUT2D eigenvalue weighted by Crippen LogP contribution is 2.38. The van der Waals surface area contributed by atoms with Crippen molar-refractivity contribution in [1.29, 1.82) is 0 Å². The summed E-state index contributed by atoms with van der Waals surface area (Å²) in [4.78, 5) is 38.5. The molecule has 1 atom stereocenters. The predicted molar refractivity (Wildman–Crippen MR) is 115 cm³/mol. The number of likely N-dealkylation sites (tertiary alicyclic amines) is 1. The maximum atomic E-state index is 14.3. The Morgan fingerprint density at radius 1 is 1.19 bits per heavy atom. The van der Waals surface area contributed by atoms with E-state index in [1.165, 1.54) is 12.1 Å². The highest BCUT2D eigenvalue weighted by molar-refractivity contribution is 6.19. The molecule has 1 N–H and O–H groups in total. The van der Waals surface area contributed by atoms with Crippen molar-refractivity contribution in [3.8, 4) is 0 Å².